The van der Waals surface area contributed by atoms with Crippen LogP contribution in [-0.2, 0) is 4.79 Å². The van der Waals surface area contributed by atoms with Crippen LogP contribution in [0.25, 0.3) is 0 Å². The molecule has 0 radical (unpaired) electrons. The van der Waals surface area contributed by atoms with E-state index >= 15 is 0 Å². The average molecular weight is 358 g/mol. The standard InChI is InChI=1S/C17H12ClN3O2S/c18-13-9-12(10-20)5-6-15(13)23-11-17(22)21-14-3-1-2-4-16(14)24-8-7-19/h1-6,9H,8,11H2,(H,21,22). The highest BCUT2D eigenvalue weighted by Gasteiger charge is 2.09. The number of carbonyl (C=O) groups is 1. The first-order chi connectivity index (χ1) is 11.6. The predicted octanol–water partition coefficient (Wildman–Crippen LogP) is 3.84. The normalized spacial score (nSPS) is 9.62. The maximum Gasteiger partial charge on any atom is 0.262 e. The third kappa shape index (κ3) is 4.92. The highest BCUT2D eigenvalue weighted by Crippen LogP contribution is 2.27. The summed E-state index contributed by atoms with van der Waals surface area (Å²) in [5.74, 6) is 0.280. The molecule has 1 amide bonds. The summed E-state index contributed by atoms with van der Waals surface area (Å²) >= 11 is 7.33. The lowest BCUT2D eigenvalue weighted by molar-refractivity contribution is -0.118. The summed E-state index contributed by atoms with van der Waals surface area (Å²) in [6.45, 7) is -0.219. The molecule has 0 saturated heterocycles. The number of carbonyl (C=O) groups excluding carboxylic acids is 1. The Bertz CT molecular complexity index is 827. The molecule has 7 heteroatoms. The Labute approximate surface area is 148 Å². The van der Waals surface area contributed by atoms with Gasteiger partial charge in [-0.15, -0.1) is 11.8 Å². The van der Waals surface area contributed by atoms with Crippen LogP contribution in [0.2, 0.25) is 5.02 Å². The molecule has 0 fully saturated rings. The zero-order chi connectivity index (χ0) is 17.4. The molecular formula is C17H12ClN3O2S. The van der Waals surface area contributed by atoms with E-state index in [0.717, 1.165) is 4.90 Å². The predicted molar refractivity (Wildman–Crippen MR) is 93.1 cm³/mol. The summed E-state index contributed by atoms with van der Waals surface area (Å²) in [6, 6.07) is 15.8. The van der Waals surface area contributed by atoms with Crippen molar-refractivity contribution in [2.45, 2.75) is 4.90 Å². The third-order valence-corrected chi connectivity index (χ3v) is 4.11. The van der Waals surface area contributed by atoms with Crippen molar-refractivity contribution in [2.24, 2.45) is 0 Å². The van der Waals surface area contributed by atoms with Gasteiger partial charge in [-0.05, 0) is 30.3 Å². The summed E-state index contributed by atoms with van der Waals surface area (Å²) in [7, 11) is 0. The lowest BCUT2D eigenvalue weighted by Crippen LogP contribution is -2.20. The average Bonchev–Trinajstić information content (AvgIpc) is 2.59. The van der Waals surface area contributed by atoms with Crippen LogP contribution in [0.1, 0.15) is 5.56 Å². The topological polar surface area (TPSA) is 85.9 Å². The molecule has 0 unspecified atom stereocenters. The number of nitriles is 2. The van der Waals surface area contributed by atoms with Crippen LogP contribution < -0.4 is 10.1 Å². The van der Waals surface area contributed by atoms with E-state index in [1.54, 1.807) is 24.3 Å². The van der Waals surface area contributed by atoms with Gasteiger partial charge in [0.2, 0.25) is 0 Å². The Morgan fingerprint density at radius 1 is 1.25 bits per heavy atom. The van der Waals surface area contributed by atoms with Crippen molar-refractivity contribution in [3.05, 3.63) is 53.1 Å². The van der Waals surface area contributed by atoms with Crippen LogP contribution in [-0.4, -0.2) is 18.3 Å². The molecule has 0 aliphatic carbocycles. The van der Waals surface area contributed by atoms with Gasteiger partial charge in [-0.2, -0.15) is 10.5 Å². The van der Waals surface area contributed by atoms with E-state index in [1.165, 1.54) is 17.8 Å². The summed E-state index contributed by atoms with van der Waals surface area (Å²) in [4.78, 5) is 12.8. The number of nitrogens with one attached hydrogen (secondary N) is 1. The van der Waals surface area contributed by atoms with Gasteiger partial charge in [0.1, 0.15) is 5.75 Å². The van der Waals surface area contributed by atoms with Gasteiger partial charge in [-0.1, -0.05) is 23.7 Å². The van der Waals surface area contributed by atoms with E-state index in [2.05, 4.69) is 5.32 Å². The van der Waals surface area contributed by atoms with Gasteiger partial charge in [-0.25, -0.2) is 0 Å². The summed E-state index contributed by atoms with van der Waals surface area (Å²) in [6.07, 6.45) is 0. The number of nitrogens with zero attached hydrogens (tertiary/aromatic N) is 2. The number of hydrogen-bond acceptors (Lipinski definition) is 5. The molecule has 0 aliphatic rings. The second kappa shape index (κ2) is 8.83. The Morgan fingerprint density at radius 2 is 2.04 bits per heavy atom. The van der Waals surface area contributed by atoms with E-state index in [9.17, 15) is 4.79 Å². The fourth-order valence-corrected chi connectivity index (χ4v) is 2.73. The molecule has 120 valence electrons. The van der Waals surface area contributed by atoms with Crippen molar-refractivity contribution >= 4 is 35.0 Å². The van der Waals surface area contributed by atoms with Crippen LogP contribution >= 0.6 is 23.4 Å². The summed E-state index contributed by atoms with van der Waals surface area (Å²) in [5, 5.41) is 20.5. The second-order valence-electron chi connectivity index (χ2n) is 4.54. The fourth-order valence-electron chi connectivity index (χ4n) is 1.82. The molecule has 0 spiro atoms. The molecule has 1 N–H and O–H groups in total. The molecular weight excluding hydrogens is 346 g/mol. The number of rotatable bonds is 6. The van der Waals surface area contributed by atoms with Crippen LogP contribution in [0.5, 0.6) is 5.75 Å². The van der Waals surface area contributed by atoms with Crippen molar-refractivity contribution in [1.82, 2.24) is 0 Å². The Balaban J connectivity index is 1.97. The van der Waals surface area contributed by atoms with Crippen molar-refractivity contribution in [1.29, 1.82) is 10.5 Å². The monoisotopic (exact) mass is 357 g/mol. The van der Waals surface area contributed by atoms with E-state index in [1.807, 2.05) is 24.3 Å². The smallest absolute Gasteiger partial charge is 0.262 e. The van der Waals surface area contributed by atoms with Gasteiger partial charge in [0, 0.05) is 4.90 Å². The first-order valence-corrected chi connectivity index (χ1v) is 8.21. The van der Waals surface area contributed by atoms with Crippen molar-refractivity contribution in [3.63, 3.8) is 0 Å². The fraction of sp³-hybridized carbons (Fsp3) is 0.118. The van der Waals surface area contributed by atoms with Crippen LogP contribution in [0.15, 0.2) is 47.4 Å². The largest absolute Gasteiger partial charge is 0.482 e. The molecule has 0 aliphatic heterocycles. The van der Waals surface area contributed by atoms with E-state index in [4.69, 9.17) is 26.9 Å². The van der Waals surface area contributed by atoms with Gasteiger partial charge >= 0.3 is 0 Å². The Morgan fingerprint density at radius 3 is 2.75 bits per heavy atom. The van der Waals surface area contributed by atoms with Crippen LogP contribution in [0.4, 0.5) is 5.69 Å². The maximum absolute atomic E-state index is 12.0. The molecule has 24 heavy (non-hydrogen) atoms. The molecule has 2 aromatic carbocycles. The third-order valence-electron chi connectivity index (χ3n) is 2.87. The number of thioether (sulfide) groups is 1. The SMILES string of the molecule is N#CCSc1ccccc1NC(=O)COc1ccc(C#N)cc1Cl. The molecule has 2 aromatic rings. The molecule has 0 aromatic heterocycles. The molecule has 5 nitrogen and oxygen atoms in total. The minimum Gasteiger partial charge on any atom is -0.482 e. The zero-order valence-electron chi connectivity index (χ0n) is 12.5. The number of anilines is 1. The van der Waals surface area contributed by atoms with E-state index in [0.29, 0.717) is 22.8 Å². The quantitative estimate of drug-likeness (QED) is 0.793. The maximum atomic E-state index is 12.0. The molecule has 0 bridgehead atoms. The lowest BCUT2D eigenvalue weighted by Gasteiger charge is -2.11. The first-order valence-electron chi connectivity index (χ1n) is 6.85. The number of para-hydroxylation sites is 1. The van der Waals surface area contributed by atoms with Gasteiger partial charge in [0.05, 0.1) is 34.2 Å². The summed E-state index contributed by atoms with van der Waals surface area (Å²) < 4.78 is 5.38. The molecule has 0 heterocycles. The summed E-state index contributed by atoms with van der Waals surface area (Å²) in [5.41, 5.74) is 1.04. The van der Waals surface area contributed by atoms with Gasteiger partial charge in [-0.3, -0.25) is 4.79 Å². The van der Waals surface area contributed by atoms with Crippen molar-refractivity contribution < 1.29 is 9.53 Å². The van der Waals surface area contributed by atoms with Crippen LogP contribution in [0.3, 0.4) is 0 Å². The van der Waals surface area contributed by atoms with Gasteiger partial charge < -0.3 is 10.1 Å². The Kier molecular flexibility index (Phi) is 6.51. The zero-order valence-corrected chi connectivity index (χ0v) is 14.0. The Hall–Kier alpha value is -2.67. The lowest BCUT2D eigenvalue weighted by atomic mass is 10.2. The number of amides is 1. The first kappa shape index (κ1) is 17.7. The van der Waals surface area contributed by atoms with E-state index in [-0.39, 0.29) is 17.5 Å². The minimum atomic E-state index is -0.347. The molecule has 0 saturated carbocycles. The highest BCUT2D eigenvalue weighted by atomic mass is 35.5. The van der Waals surface area contributed by atoms with Gasteiger partial charge in [0.15, 0.2) is 6.61 Å². The van der Waals surface area contributed by atoms with Crippen molar-refractivity contribution in [2.75, 3.05) is 17.7 Å². The minimum absolute atomic E-state index is 0.219. The van der Waals surface area contributed by atoms with Crippen molar-refractivity contribution in [3.8, 4) is 17.9 Å². The molecule has 0 atom stereocenters. The van der Waals surface area contributed by atoms with Gasteiger partial charge in [0.25, 0.3) is 5.91 Å². The number of benzene rings is 2. The highest BCUT2D eigenvalue weighted by molar-refractivity contribution is 7.99. The van der Waals surface area contributed by atoms with E-state index < -0.39 is 0 Å². The second-order valence-corrected chi connectivity index (χ2v) is 5.96. The number of halogens is 1. The van der Waals surface area contributed by atoms with Crippen LogP contribution in [0, 0.1) is 22.7 Å². The number of hydrogen-bond donors (Lipinski definition) is 1. The molecule has 2 rings (SSSR count). The number of ether oxygens (including phenoxy) is 1.